The Bertz CT molecular complexity index is 483. The molecule has 8 heteroatoms. The number of anilines is 1. The van der Waals surface area contributed by atoms with E-state index in [1.165, 1.54) is 11.3 Å². The highest BCUT2D eigenvalue weighted by Gasteiger charge is 2.07. The van der Waals surface area contributed by atoms with Crippen molar-refractivity contribution in [2.75, 3.05) is 5.43 Å². The molecule has 0 aliphatic rings. The van der Waals surface area contributed by atoms with Crippen LogP contribution in [0.3, 0.4) is 0 Å². The molecule has 0 saturated carbocycles. The zero-order valence-electron chi connectivity index (χ0n) is 8.75. The number of nitrogen functional groups attached to an aromatic ring is 1. The molecular formula is C9H10N6OS. The Morgan fingerprint density at radius 1 is 1.41 bits per heavy atom. The predicted octanol–water partition coefficient (Wildman–Crippen LogP) is 0.149. The first-order valence-electron chi connectivity index (χ1n) is 4.75. The van der Waals surface area contributed by atoms with Gasteiger partial charge in [-0.05, 0) is 12.1 Å². The number of nitrogens with one attached hydrogen (secondary N) is 2. The van der Waals surface area contributed by atoms with Crippen molar-refractivity contribution in [3.63, 3.8) is 0 Å². The molecule has 2 aromatic rings. The van der Waals surface area contributed by atoms with E-state index in [1.54, 1.807) is 23.8 Å². The van der Waals surface area contributed by atoms with Crippen LogP contribution in [0.2, 0.25) is 0 Å². The minimum Gasteiger partial charge on any atom is -0.346 e. The fourth-order valence-electron chi connectivity index (χ4n) is 1.12. The van der Waals surface area contributed by atoms with Crippen LogP contribution in [0.15, 0.2) is 23.8 Å². The van der Waals surface area contributed by atoms with Gasteiger partial charge in [0.05, 0.1) is 12.1 Å². The van der Waals surface area contributed by atoms with E-state index in [2.05, 4.69) is 25.9 Å². The number of hydrazine groups is 1. The van der Waals surface area contributed by atoms with Crippen molar-refractivity contribution in [1.29, 1.82) is 0 Å². The van der Waals surface area contributed by atoms with E-state index in [4.69, 9.17) is 5.84 Å². The summed E-state index contributed by atoms with van der Waals surface area (Å²) in [7, 11) is 0. The Balaban J connectivity index is 1.95. The second kappa shape index (κ2) is 5.32. The third-order valence-electron chi connectivity index (χ3n) is 1.95. The third-order valence-corrected chi connectivity index (χ3v) is 2.73. The van der Waals surface area contributed by atoms with Gasteiger partial charge in [0.15, 0.2) is 11.5 Å². The van der Waals surface area contributed by atoms with Crippen LogP contribution in [0.25, 0.3) is 0 Å². The number of rotatable bonds is 4. The van der Waals surface area contributed by atoms with Crippen molar-refractivity contribution < 1.29 is 4.79 Å². The van der Waals surface area contributed by atoms with Gasteiger partial charge >= 0.3 is 0 Å². The summed E-state index contributed by atoms with van der Waals surface area (Å²) in [6.45, 7) is 0.433. The normalized spacial score (nSPS) is 9.94. The molecule has 88 valence electrons. The molecule has 0 radical (unpaired) electrons. The van der Waals surface area contributed by atoms with Crippen LogP contribution in [0.1, 0.15) is 15.4 Å². The van der Waals surface area contributed by atoms with Crippen molar-refractivity contribution in [1.82, 2.24) is 20.5 Å². The summed E-state index contributed by atoms with van der Waals surface area (Å²) < 4.78 is 0. The third kappa shape index (κ3) is 2.95. The van der Waals surface area contributed by atoms with Crippen LogP contribution < -0.4 is 16.6 Å². The van der Waals surface area contributed by atoms with E-state index in [-0.39, 0.29) is 11.6 Å². The molecule has 0 fully saturated rings. The molecule has 0 aliphatic carbocycles. The Kier molecular flexibility index (Phi) is 3.58. The quantitative estimate of drug-likeness (QED) is 0.527. The number of nitrogens with zero attached hydrogens (tertiary/aromatic N) is 3. The first-order chi connectivity index (χ1) is 8.29. The molecule has 0 unspecified atom stereocenters. The van der Waals surface area contributed by atoms with Crippen molar-refractivity contribution in [3.8, 4) is 0 Å². The van der Waals surface area contributed by atoms with Crippen molar-refractivity contribution >= 4 is 23.1 Å². The van der Waals surface area contributed by atoms with Crippen LogP contribution in [0.4, 0.5) is 5.82 Å². The number of hydrogen-bond acceptors (Lipinski definition) is 7. The molecule has 0 aromatic carbocycles. The van der Waals surface area contributed by atoms with Gasteiger partial charge in [-0.15, -0.1) is 21.5 Å². The lowest BCUT2D eigenvalue weighted by atomic mass is 10.3. The van der Waals surface area contributed by atoms with Gasteiger partial charge in [-0.25, -0.2) is 5.84 Å². The highest BCUT2D eigenvalue weighted by Crippen LogP contribution is 2.05. The molecule has 4 N–H and O–H groups in total. The molecule has 0 atom stereocenters. The zero-order chi connectivity index (χ0) is 12.1. The summed E-state index contributed by atoms with van der Waals surface area (Å²) in [6.07, 6.45) is 1.71. The Hall–Kier alpha value is -2.06. The molecule has 2 aromatic heterocycles. The summed E-state index contributed by atoms with van der Waals surface area (Å²) >= 11 is 1.48. The summed E-state index contributed by atoms with van der Waals surface area (Å²) in [6, 6.07) is 3.12. The van der Waals surface area contributed by atoms with Gasteiger partial charge in [0.25, 0.3) is 5.91 Å². The molecule has 0 saturated heterocycles. The topological polar surface area (TPSA) is 106 Å². The van der Waals surface area contributed by atoms with E-state index in [0.717, 1.165) is 4.88 Å². The smallest absolute Gasteiger partial charge is 0.272 e. The standard InChI is InChI=1S/C9H10N6OS/c10-13-8-2-1-7(14-15-8)9(16)12-4-6-3-11-5-17-6/h1-3,5H,4,10H2,(H,12,16)(H,13,15). The van der Waals surface area contributed by atoms with Gasteiger partial charge in [0, 0.05) is 11.1 Å². The molecule has 7 nitrogen and oxygen atoms in total. The van der Waals surface area contributed by atoms with Crippen LogP contribution in [-0.2, 0) is 6.54 Å². The summed E-state index contributed by atoms with van der Waals surface area (Å²) in [5, 5.41) is 10.2. The molecule has 1 amide bonds. The number of amides is 1. The number of carbonyl (C=O) groups excluding carboxylic acids is 1. The summed E-state index contributed by atoms with van der Waals surface area (Å²) in [5.41, 5.74) is 4.29. The fourth-order valence-corrected chi connectivity index (χ4v) is 1.65. The highest BCUT2D eigenvalue weighted by atomic mass is 32.1. The van der Waals surface area contributed by atoms with Crippen LogP contribution >= 0.6 is 11.3 Å². The zero-order valence-corrected chi connectivity index (χ0v) is 9.57. The fraction of sp³-hybridized carbons (Fsp3) is 0.111. The lowest BCUT2D eigenvalue weighted by molar-refractivity contribution is 0.0945. The van der Waals surface area contributed by atoms with Gasteiger partial charge in [0.1, 0.15) is 0 Å². The Labute approximate surface area is 101 Å². The van der Waals surface area contributed by atoms with Gasteiger partial charge < -0.3 is 10.7 Å². The van der Waals surface area contributed by atoms with Crippen LogP contribution in [0.5, 0.6) is 0 Å². The second-order valence-electron chi connectivity index (χ2n) is 3.10. The monoisotopic (exact) mass is 250 g/mol. The Morgan fingerprint density at radius 3 is 2.88 bits per heavy atom. The van der Waals surface area contributed by atoms with E-state index >= 15 is 0 Å². The lowest BCUT2D eigenvalue weighted by Gasteiger charge is -2.02. The summed E-state index contributed by atoms with van der Waals surface area (Å²) in [5.74, 6) is 5.26. The largest absolute Gasteiger partial charge is 0.346 e. The van der Waals surface area contributed by atoms with Crippen molar-refractivity contribution in [2.24, 2.45) is 5.84 Å². The maximum absolute atomic E-state index is 11.7. The van der Waals surface area contributed by atoms with E-state index in [0.29, 0.717) is 12.4 Å². The van der Waals surface area contributed by atoms with Crippen molar-refractivity contribution in [3.05, 3.63) is 34.4 Å². The van der Waals surface area contributed by atoms with E-state index in [9.17, 15) is 4.79 Å². The maximum atomic E-state index is 11.7. The van der Waals surface area contributed by atoms with Crippen LogP contribution in [0, 0.1) is 0 Å². The average Bonchev–Trinajstić information content (AvgIpc) is 2.89. The summed E-state index contributed by atoms with van der Waals surface area (Å²) in [4.78, 5) is 16.5. The van der Waals surface area contributed by atoms with E-state index < -0.39 is 0 Å². The molecule has 2 rings (SSSR count). The average molecular weight is 250 g/mol. The number of aromatic nitrogens is 3. The SMILES string of the molecule is NNc1ccc(C(=O)NCc2cncs2)nn1. The molecule has 0 spiro atoms. The first-order valence-corrected chi connectivity index (χ1v) is 5.63. The number of hydrogen-bond donors (Lipinski definition) is 3. The van der Waals surface area contributed by atoms with E-state index in [1.807, 2.05) is 0 Å². The van der Waals surface area contributed by atoms with Gasteiger partial charge in [-0.1, -0.05) is 0 Å². The minimum atomic E-state index is -0.283. The number of nitrogens with two attached hydrogens (primary N) is 1. The van der Waals surface area contributed by atoms with Crippen LogP contribution in [-0.4, -0.2) is 21.1 Å². The second-order valence-corrected chi connectivity index (χ2v) is 4.07. The van der Waals surface area contributed by atoms with Gasteiger partial charge in [-0.2, -0.15) is 0 Å². The number of thiazole rings is 1. The van der Waals surface area contributed by atoms with Crippen molar-refractivity contribution in [2.45, 2.75) is 6.54 Å². The number of carbonyl (C=O) groups is 1. The Morgan fingerprint density at radius 2 is 2.29 bits per heavy atom. The highest BCUT2D eigenvalue weighted by molar-refractivity contribution is 7.09. The molecular weight excluding hydrogens is 240 g/mol. The molecule has 0 aliphatic heterocycles. The predicted molar refractivity (Wildman–Crippen MR) is 63.1 cm³/mol. The van der Waals surface area contributed by atoms with Gasteiger partial charge in [-0.3, -0.25) is 9.78 Å². The minimum absolute atomic E-state index is 0.244. The lowest BCUT2D eigenvalue weighted by Crippen LogP contribution is -2.24. The first kappa shape index (κ1) is 11.4. The molecule has 0 bridgehead atoms. The maximum Gasteiger partial charge on any atom is 0.272 e. The molecule has 17 heavy (non-hydrogen) atoms. The van der Waals surface area contributed by atoms with Gasteiger partial charge in [0.2, 0.25) is 0 Å². The molecule has 2 heterocycles.